The Morgan fingerprint density at radius 2 is 0.917 bits per heavy atom. The van der Waals surface area contributed by atoms with E-state index in [0.29, 0.717) is 34.2 Å². The Morgan fingerprint density at radius 3 is 1.19 bits per heavy atom. The Kier molecular flexibility index (Phi) is 6.38. The zero-order valence-corrected chi connectivity index (χ0v) is 21.3. The van der Waals surface area contributed by atoms with Gasteiger partial charge in [-0.3, -0.25) is 9.11 Å². The lowest BCUT2D eigenvalue weighted by molar-refractivity contribution is 0.480. The van der Waals surface area contributed by atoms with Crippen LogP contribution in [0.15, 0.2) is 46.2 Å². The molecule has 0 atom stereocenters. The molecule has 4 aromatic rings. The molecule has 0 amide bonds. The summed E-state index contributed by atoms with van der Waals surface area (Å²) in [4.78, 5) is 1.63. The van der Waals surface area contributed by atoms with Gasteiger partial charge in [-0.15, -0.1) is 0 Å². The van der Waals surface area contributed by atoms with E-state index in [9.17, 15) is 25.9 Å². The van der Waals surface area contributed by atoms with Crippen LogP contribution in [0.3, 0.4) is 0 Å². The molecule has 2 aromatic heterocycles. The average Bonchev–Trinajstić information content (AvgIpc) is 3.31. The van der Waals surface area contributed by atoms with Crippen LogP contribution in [0.1, 0.15) is 33.9 Å². The topological polar surface area (TPSA) is 170 Å². The van der Waals surface area contributed by atoms with E-state index in [0.717, 1.165) is 0 Å². The molecule has 14 heteroatoms. The number of hydrogen-bond acceptors (Lipinski definition) is 8. The lowest BCUT2D eigenvalue weighted by Crippen LogP contribution is -2.06. The molecule has 36 heavy (non-hydrogen) atoms. The molecule has 4 rings (SSSR count). The van der Waals surface area contributed by atoms with E-state index < -0.39 is 30.0 Å². The van der Waals surface area contributed by atoms with Gasteiger partial charge in [0.25, 0.3) is 20.2 Å². The maximum atomic E-state index is 12.1. The first kappa shape index (κ1) is 25.4. The van der Waals surface area contributed by atoms with Gasteiger partial charge in [-0.2, -0.15) is 46.8 Å². The quantitative estimate of drug-likeness (QED) is 0.279. The number of nitrogens with zero attached hydrogens (tertiary/aromatic N) is 6. The van der Waals surface area contributed by atoms with Gasteiger partial charge in [-0.25, -0.2) is 0 Å². The summed E-state index contributed by atoms with van der Waals surface area (Å²) in [5.74, 6) is 0. The highest BCUT2D eigenvalue weighted by Gasteiger charge is 2.19. The van der Waals surface area contributed by atoms with E-state index in [1.54, 1.807) is 39.8 Å². The summed E-state index contributed by atoms with van der Waals surface area (Å²) < 4.78 is 68.0. The van der Waals surface area contributed by atoms with Crippen LogP contribution in [-0.2, 0) is 20.2 Å². The molecule has 0 aliphatic carbocycles. The van der Waals surface area contributed by atoms with Gasteiger partial charge in [0, 0.05) is 0 Å². The summed E-state index contributed by atoms with van der Waals surface area (Å²) in [6, 6.07) is 8.35. The van der Waals surface area contributed by atoms with Crippen LogP contribution >= 0.6 is 0 Å². The van der Waals surface area contributed by atoms with Crippen molar-refractivity contribution in [1.82, 2.24) is 30.0 Å². The summed E-state index contributed by atoms with van der Waals surface area (Å²) in [7, 11) is -9.32. The number of aromatic nitrogens is 6. The fourth-order valence-corrected chi connectivity index (χ4v) is 4.74. The molecule has 0 saturated carbocycles. The minimum Gasteiger partial charge on any atom is -0.282 e. The summed E-state index contributed by atoms with van der Waals surface area (Å²) in [6.45, 7) is 7.01. The summed E-state index contributed by atoms with van der Waals surface area (Å²) in [6.07, 6.45) is 2.62. The SMILES string of the molecule is Cc1nn(-c2ccc(/C=C/c3ccc(-n4nc(C)c(C)n4)cc3S(=O)(=O)O)c(S(=O)(=O)O)c2)nc1C. The van der Waals surface area contributed by atoms with Crippen molar-refractivity contribution in [3.63, 3.8) is 0 Å². The normalized spacial score (nSPS) is 12.5. The van der Waals surface area contributed by atoms with Gasteiger partial charge >= 0.3 is 0 Å². The van der Waals surface area contributed by atoms with E-state index in [4.69, 9.17) is 0 Å². The highest BCUT2D eigenvalue weighted by molar-refractivity contribution is 7.86. The maximum absolute atomic E-state index is 12.1. The average molecular weight is 531 g/mol. The van der Waals surface area contributed by atoms with Gasteiger partial charge < -0.3 is 0 Å². The van der Waals surface area contributed by atoms with Crippen LogP contribution in [0.4, 0.5) is 0 Å². The summed E-state index contributed by atoms with van der Waals surface area (Å²) >= 11 is 0. The van der Waals surface area contributed by atoms with Gasteiger partial charge in [0.2, 0.25) is 0 Å². The van der Waals surface area contributed by atoms with Gasteiger partial charge in [0.05, 0.1) is 34.2 Å². The lowest BCUT2D eigenvalue weighted by atomic mass is 10.1. The van der Waals surface area contributed by atoms with Gasteiger partial charge in [-0.05, 0) is 63.1 Å². The van der Waals surface area contributed by atoms with Crippen LogP contribution in [-0.4, -0.2) is 55.9 Å². The van der Waals surface area contributed by atoms with Crippen LogP contribution in [0.5, 0.6) is 0 Å². The fraction of sp³-hybridized carbons (Fsp3) is 0.182. The molecule has 0 aliphatic rings. The largest absolute Gasteiger partial charge is 0.295 e. The van der Waals surface area contributed by atoms with Crippen LogP contribution in [0.2, 0.25) is 0 Å². The molecule has 188 valence electrons. The first-order valence-corrected chi connectivity index (χ1v) is 13.3. The predicted octanol–water partition coefficient (Wildman–Crippen LogP) is 2.75. The smallest absolute Gasteiger partial charge is 0.282 e. The number of aryl methyl sites for hydroxylation is 4. The zero-order valence-electron chi connectivity index (χ0n) is 19.6. The van der Waals surface area contributed by atoms with Crippen molar-refractivity contribution in [2.24, 2.45) is 0 Å². The van der Waals surface area contributed by atoms with E-state index in [1.165, 1.54) is 46.0 Å². The second-order valence-electron chi connectivity index (χ2n) is 8.05. The maximum Gasteiger partial charge on any atom is 0.295 e. The Balaban J connectivity index is 1.79. The Labute approximate surface area is 207 Å². The summed E-state index contributed by atoms with van der Waals surface area (Å²) in [5.41, 5.74) is 3.38. The zero-order chi connectivity index (χ0) is 26.4. The standard InChI is InChI=1S/C22H22N6O6S2/c1-13-14(2)24-27(23-13)19-9-7-17(21(11-19)35(29,30)31)5-6-18-8-10-20(12-22(18)36(32,33)34)28-25-15(3)16(4)26-28/h5-12H,1-4H3,(H,29,30,31)(H,32,33,34)/b6-5+. The van der Waals surface area contributed by atoms with E-state index in [1.807, 2.05) is 0 Å². The molecule has 2 aromatic carbocycles. The molecular weight excluding hydrogens is 508 g/mol. The number of rotatable bonds is 6. The first-order valence-electron chi connectivity index (χ1n) is 10.5. The number of benzene rings is 2. The van der Waals surface area contributed by atoms with Crippen LogP contribution in [0.25, 0.3) is 23.5 Å². The molecule has 0 unspecified atom stereocenters. The van der Waals surface area contributed by atoms with Crippen LogP contribution < -0.4 is 0 Å². The fourth-order valence-electron chi connectivity index (χ4n) is 3.33. The van der Waals surface area contributed by atoms with Crippen molar-refractivity contribution in [3.8, 4) is 11.4 Å². The van der Waals surface area contributed by atoms with Crippen LogP contribution in [0, 0.1) is 27.7 Å². The highest BCUT2D eigenvalue weighted by Crippen LogP contribution is 2.25. The van der Waals surface area contributed by atoms with Crippen molar-refractivity contribution in [2.75, 3.05) is 0 Å². The third-order valence-electron chi connectivity index (χ3n) is 5.48. The van der Waals surface area contributed by atoms with Gasteiger partial charge in [0.1, 0.15) is 9.79 Å². The monoisotopic (exact) mass is 530 g/mol. The molecule has 0 radical (unpaired) electrons. The molecular formula is C22H22N6O6S2. The second-order valence-corrected chi connectivity index (χ2v) is 10.8. The summed E-state index contributed by atoms with van der Waals surface area (Å²) in [5, 5.41) is 16.8. The van der Waals surface area contributed by atoms with Crippen molar-refractivity contribution in [2.45, 2.75) is 37.5 Å². The van der Waals surface area contributed by atoms with Crippen molar-refractivity contribution in [1.29, 1.82) is 0 Å². The molecule has 2 heterocycles. The van der Waals surface area contributed by atoms with Gasteiger partial charge in [-0.1, -0.05) is 24.3 Å². The first-order chi connectivity index (χ1) is 16.7. The van der Waals surface area contributed by atoms with Crippen molar-refractivity contribution >= 4 is 32.4 Å². The second kappa shape index (κ2) is 9.05. The minimum atomic E-state index is -4.66. The van der Waals surface area contributed by atoms with E-state index in [2.05, 4.69) is 20.4 Å². The molecule has 0 saturated heterocycles. The molecule has 12 nitrogen and oxygen atoms in total. The molecule has 0 fully saturated rings. The predicted molar refractivity (Wildman–Crippen MR) is 130 cm³/mol. The Hall–Kier alpha value is -3.72. The Morgan fingerprint density at radius 1 is 0.611 bits per heavy atom. The third kappa shape index (κ3) is 5.11. The molecule has 0 aliphatic heterocycles. The highest BCUT2D eigenvalue weighted by atomic mass is 32.2. The molecule has 0 spiro atoms. The van der Waals surface area contributed by atoms with Crippen molar-refractivity contribution in [3.05, 3.63) is 70.3 Å². The number of hydrogen-bond donors (Lipinski definition) is 2. The minimum absolute atomic E-state index is 0.0761. The van der Waals surface area contributed by atoms with E-state index >= 15 is 0 Å². The Bertz CT molecular complexity index is 1570. The van der Waals surface area contributed by atoms with E-state index in [-0.39, 0.29) is 11.1 Å². The van der Waals surface area contributed by atoms with Gasteiger partial charge in [0.15, 0.2) is 0 Å². The molecule has 0 bridgehead atoms. The lowest BCUT2D eigenvalue weighted by Gasteiger charge is -2.08. The molecule has 2 N–H and O–H groups in total. The van der Waals surface area contributed by atoms with Crippen molar-refractivity contribution < 1.29 is 25.9 Å². The third-order valence-corrected chi connectivity index (χ3v) is 7.30.